The molecular formula is C34H46N2O6S4. The van der Waals surface area contributed by atoms with Gasteiger partial charge in [0.25, 0.3) is 0 Å². The molecule has 3 rings (SSSR count). The standard InChI is InChI=1S/C34H46N2O6S4/c1-5-9-11-13-15-17-19-41-31(37)23(21-35)33-43-27-25(39-7-3)29-30(26(40-8-4)28(27)44-33)46-34(45-29)24(22-36)32(38)42-20-18-16-14-12-10-6-2/h21,35H,5-20H2,1-4H3. The third kappa shape index (κ3) is 10.4. The Labute approximate surface area is 291 Å². The molecule has 2 aliphatic heterocycles. The van der Waals surface area contributed by atoms with Crippen molar-refractivity contribution in [1.29, 1.82) is 10.7 Å². The van der Waals surface area contributed by atoms with Crippen molar-refractivity contribution in [3.63, 3.8) is 0 Å². The van der Waals surface area contributed by atoms with Gasteiger partial charge in [-0.15, -0.1) is 0 Å². The van der Waals surface area contributed by atoms with E-state index < -0.39 is 11.9 Å². The third-order valence-electron chi connectivity index (χ3n) is 7.16. The topological polar surface area (TPSA) is 119 Å². The first-order chi connectivity index (χ1) is 22.4. The van der Waals surface area contributed by atoms with Crippen LogP contribution in [0.2, 0.25) is 0 Å². The second kappa shape index (κ2) is 20.9. The van der Waals surface area contributed by atoms with Gasteiger partial charge in [-0.3, -0.25) is 0 Å². The molecule has 0 amide bonds. The first-order valence-corrected chi connectivity index (χ1v) is 19.7. The summed E-state index contributed by atoms with van der Waals surface area (Å²) in [5.41, 5.74) is 0.172. The van der Waals surface area contributed by atoms with Crippen LogP contribution in [0.5, 0.6) is 11.5 Å². The Balaban J connectivity index is 1.82. The lowest BCUT2D eigenvalue weighted by atomic mass is 10.1. The molecule has 12 heteroatoms. The average molecular weight is 707 g/mol. The van der Waals surface area contributed by atoms with Crippen LogP contribution in [0.3, 0.4) is 0 Å². The van der Waals surface area contributed by atoms with Crippen LogP contribution in [0.25, 0.3) is 0 Å². The molecule has 0 unspecified atom stereocenters. The van der Waals surface area contributed by atoms with Crippen molar-refractivity contribution in [2.45, 2.75) is 124 Å². The van der Waals surface area contributed by atoms with Crippen molar-refractivity contribution in [2.75, 3.05) is 26.4 Å². The van der Waals surface area contributed by atoms with Gasteiger partial charge < -0.3 is 24.4 Å². The number of thioether (sulfide) groups is 4. The quantitative estimate of drug-likeness (QED) is 0.0432. The predicted octanol–water partition coefficient (Wildman–Crippen LogP) is 10.3. The highest BCUT2D eigenvalue weighted by Gasteiger charge is 2.39. The van der Waals surface area contributed by atoms with Crippen LogP contribution < -0.4 is 9.47 Å². The Bertz CT molecular complexity index is 1290. The smallest absolute Gasteiger partial charge is 0.350 e. The highest BCUT2D eigenvalue weighted by Crippen LogP contribution is 2.68. The van der Waals surface area contributed by atoms with Gasteiger partial charge in [-0.25, -0.2) is 9.59 Å². The van der Waals surface area contributed by atoms with Gasteiger partial charge in [0.05, 0.1) is 60.1 Å². The summed E-state index contributed by atoms with van der Waals surface area (Å²) in [5, 5.41) is 18.0. The van der Waals surface area contributed by atoms with Gasteiger partial charge >= 0.3 is 11.9 Å². The van der Waals surface area contributed by atoms with Crippen molar-refractivity contribution >= 4 is 65.2 Å². The summed E-state index contributed by atoms with van der Waals surface area (Å²) in [4.78, 5) is 29.1. The van der Waals surface area contributed by atoms with Gasteiger partial charge in [0, 0.05) is 6.21 Å². The number of fused-ring (bicyclic) bond motifs is 2. The summed E-state index contributed by atoms with van der Waals surface area (Å²) in [7, 11) is 0. The van der Waals surface area contributed by atoms with Crippen LogP contribution in [0, 0.1) is 16.7 Å². The van der Waals surface area contributed by atoms with Crippen LogP contribution in [0.15, 0.2) is 39.2 Å². The van der Waals surface area contributed by atoms with E-state index in [0.29, 0.717) is 39.8 Å². The number of carbonyl (C=O) groups is 2. The predicted molar refractivity (Wildman–Crippen MR) is 189 cm³/mol. The summed E-state index contributed by atoms with van der Waals surface area (Å²) < 4.78 is 24.5. The third-order valence-corrected chi connectivity index (χ3v) is 12.4. The maximum absolute atomic E-state index is 13.0. The van der Waals surface area contributed by atoms with Crippen LogP contribution in [0.4, 0.5) is 0 Å². The van der Waals surface area contributed by atoms with Gasteiger partial charge in [-0.05, 0) is 26.7 Å². The summed E-state index contributed by atoms with van der Waals surface area (Å²) in [6, 6.07) is 2.07. The van der Waals surface area contributed by atoms with Gasteiger partial charge in [-0.2, -0.15) is 5.26 Å². The first kappa shape index (κ1) is 38.2. The van der Waals surface area contributed by atoms with Gasteiger partial charge in [0.15, 0.2) is 5.57 Å². The second-order valence-electron chi connectivity index (χ2n) is 10.7. The van der Waals surface area contributed by atoms with Gasteiger partial charge in [0.2, 0.25) is 0 Å². The van der Waals surface area contributed by atoms with Crippen molar-refractivity contribution in [2.24, 2.45) is 0 Å². The lowest BCUT2D eigenvalue weighted by Gasteiger charge is -2.16. The number of esters is 2. The number of nitrogens with one attached hydrogen (secondary N) is 1. The largest absolute Gasteiger partial charge is 0.491 e. The zero-order valence-electron chi connectivity index (χ0n) is 27.4. The zero-order chi connectivity index (χ0) is 33.3. The molecule has 252 valence electrons. The fraction of sp³-hybridized carbons (Fsp3) is 0.588. The zero-order valence-corrected chi connectivity index (χ0v) is 30.7. The van der Waals surface area contributed by atoms with E-state index in [-0.39, 0.29) is 17.8 Å². The minimum Gasteiger partial charge on any atom is -0.491 e. The molecule has 2 aliphatic rings. The molecular weight excluding hydrogens is 661 g/mol. The number of nitriles is 1. The number of rotatable bonds is 21. The Kier molecular flexibility index (Phi) is 17.4. The number of ether oxygens (including phenoxy) is 4. The number of benzene rings is 1. The lowest BCUT2D eigenvalue weighted by molar-refractivity contribution is -0.139. The summed E-state index contributed by atoms with van der Waals surface area (Å²) in [6.45, 7) is 9.54. The van der Waals surface area contributed by atoms with E-state index in [1.165, 1.54) is 85.6 Å². The SMILES string of the molecule is CCCCCCCCOC(=O)C(C#N)=C1Sc2c(OCC)c3c(c(OCC)c2S1)SC(=C(C=N)C(=O)OCCCCCCCC)S3. The van der Waals surface area contributed by atoms with E-state index >= 15 is 0 Å². The number of hydrogen-bond donors (Lipinski definition) is 1. The molecule has 0 aromatic heterocycles. The van der Waals surface area contributed by atoms with E-state index in [9.17, 15) is 14.9 Å². The monoisotopic (exact) mass is 706 g/mol. The lowest BCUT2D eigenvalue weighted by Crippen LogP contribution is -2.10. The number of unbranched alkanes of at least 4 members (excludes halogenated alkanes) is 10. The summed E-state index contributed by atoms with van der Waals surface area (Å²) in [5.74, 6) is 0.0882. The molecule has 0 spiro atoms. The first-order valence-electron chi connectivity index (χ1n) is 16.4. The number of hydrogen-bond acceptors (Lipinski definition) is 12. The molecule has 1 aromatic rings. The maximum atomic E-state index is 13.0. The molecule has 0 saturated heterocycles. The number of nitrogens with zero attached hydrogens (tertiary/aromatic N) is 1. The Morgan fingerprint density at radius 2 is 1.07 bits per heavy atom. The second-order valence-corrected chi connectivity index (χ2v) is 15.3. The van der Waals surface area contributed by atoms with Crippen molar-refractivity contribution in [3.05, 3.63) is 19.6 Å². The fourth-order valence-electron chi connectivity index (χ4n) is 4.79. The normalized spacial score (nSPS) is 13.1. The average Bonchev–Trinajstić information content (AvgIpc) is 3.68. The molecule has 2 heterocycles. The Hall–Kier alpha value is -2.20. The highest BCUT2D eigenvalue weighted by molar-refractivity contribution is 8.26. The molecule has 1 aromatic carbocycles. The summed E-state index contributed by atoms with van der Waals surface area (Å²) >= 11 is 5.32. The molecule has 0 atom stereocenters. The molecule has 0 saturated carbocycles. The molecule has 8 nitrogen and oxygen atoms in total. The molecule has 0 aliphatic carbocycles. The maximum Gasteiger partial charge on any atom is 0.350 e. The molecule has 0 bridgehead atoms. The minimum atomic E-state index is -0.619. The van der Waals surface area contributed by atoms with Gasteiger partial charge in [-0.1, -0.05) is 125 Å². The Morgan fingerprint density at radius 1 is 0.652 bits per heavy atom. The molecule has 46 heavy (non-hydrogen) atoms. The van der Waals surface area contributed by atoms with Crippen molar-refractivity contribution in [1.82, 2.24) is 0 Å². The van der Waals surface area contributed by atoms with Crippen LogP contribution in [0.1, 0.15) is 105 Å². The minimum absolute atomic E-state index is 0.0256. The van der Waals surface area contributed by atoms with Crippen LogP contribution in [-0.4, -0.2) is 44.6 Å². The van der Waals surface area contributed by atoms with Crippen LogP contribution in [-0.2, 0) is 19.1 Å². The van der Waals surface area contributed by atoms with E-state index in [1.54, 1.807) is 0 Å². The fourth-order valence-corrected chi connectivity index (χ4v) is 10.2. The van der Waals surface area contributed by atoms with E-state index in [1.807, 2.05) is 13.8 Å². The van der Waals surface area contributed by atoms with Crippen molar-refractivity contribution in [3.8, 4) is 17.6 Å². The molecule has 0 radical (unpaired) electrons. The van der Waals surface area contributed by atoms with Crippen LogP contribution >= 0.6 is 47.0 Å². The van der Waals surface area contributed by atoms with E-state index in [0.717, 1.165) is 64.3 Å². The summed E-state index contributed by atoms with van der Waals surface area (Å²) in [6.07, 6.45) is 14.0. The molecule has 1 N–H and O–H groups in total. The highest BCUT2D eigenvalue weighted by atomic mass is 32.2. The Morgan fingerprint density at radius 3 is 1.48 bits per heavy atom. The van der Waals surface area contributed by atoms with Crippen molar-refractivity contribution < 1.29 is 28.5 Å². The molecule has 0 fully saturated rings. The van der Waals surface area contributed by atoms with Gasteiger partial charge in [0.1, 0.15) is 17.6 Å². The van der Waals surface area contributed by atoms with E-state index in [4.69, 9.17) is 24.4 Å². The number of carbonyl (C=O) groups excluding carboxylic acids is 2. The van der Waals surface area contributed by atoms with E-state index in [2.05, 4.69) is 19.9 Å².